The number of halogens is 4. The zero-order chi connectivity index (χ0) is 23.0. The molecule has 0 saturated carbocycles. The van der Waals surface area contributed by atoms with Gasteiger partial charge in [0.15, 0.2) is 5.84 Å². The Morgan fingerprint density at radius 2 is 2.00 bits per heavy atom. The molecule has 164 valence electrons. The van der Waals surface area contributed by atoms with Crippen LogP contribution in [0.25, 0.3) is 6.08 Å². The van der Waals surface area contributed by atoms with Crippen molar-refractivity contribution in [3.05, 3.63) is 69.8 Å². The Morgan fingerprint density at radius 3 is 2.69 bits per heavy atom. The molecule has 0 aliphatic carbocycles. The number of alkyl halides is 3. The number of fused-ring (bicyclic) bond motifs is 1. The second kappa shape index (κ2) is 8.44. The van der Waals surface area contributed by atoms with Crippen LogP contribution in [-0.2, 0) is 11.4 Å². The van der Waals surface area contributed by atoms with Crippen molar-refractivity contribution < 1.29 is 22.7 Å². The molecule has 2 heterocycles. The van der Waals surface area contributed by atoms with Crippen molar-refractivity contribution in [3.63, 3.8) is 0 Å². The minimum Gasteiger partial charge on any atom is -0.487 e. The molecule has 1 N–H and O–H groups in total. The van der Waals surface area contributed by atoms with Gasteiger partial charge >= 0.3 is 6.18 Å². The van der Waals surface area contributed by atoms with Crippen LogP contribution in [0.4, 0.5) is 13.2 Å². The fourth-order valence-electron chi connectivity index (χ4n) is 2.92. The Balaban J connectivity index is 1.55. The van der Waals surface area contributed by atoms with E-state index in [9.17, 15) is 18.0 Å². The number of nitrogens with zero attached hydrogens (tertiary/aromatic N) is 3. The maximum atomic E-state index is 12.9. The van der Waals surface area contributed by atoms with Crippen LogP contribution in [0, 0.1) is 12.3 Å². The number of amides is 1. The van der Waals surface area contributed by atoms with Gasteiger partial charge in [0.25, 0.3) is 5.91 Å². The summed E-state index contributed by atoms with van der Waals surface area (Å²) in [7, 11) is 0. The fourth-order valence-corrected chi connectivity index (χ4v) is 3.93. The molecule has 2 aromatic rings. The average molecular weight is 479 g/mol. The first-order chi connectivity index (χ1) is 15.1. The number of benzene rings is 2. The van der Waals surface area contributed by atoms with Crippen LogP contribution in [0.15, 0.2) is 58.1 Å². The highest BCUT2D eigenvalue weighted by Gasteiger charge is 2.46. The van der Waals surface area contributed by atoms with Crippen LogP contribution < -0.4 is 4.74 Å². The zero-order valence-corrected chi connectivity index (χ0v) is 18.0. The van der Waals surface area contributed by atoms with Crippen LogP contribution in [0.3, 0.4) is 0 Å². The number of ether oxygens (including phenoxy) is 1. The van der Waals surface area contributed by atoms with Gasteiger partial charge in [-0.25, -0.2) is 0 Å². The van der Waals surface area contributed by atoms with Crippen LogP contribution in [0.2, 0.25) is 5.02 Å². The van der Waals surface area contributed by atoms with E-state index in [1.807, 2.05) is 31.2 Å². The molecule has 32 heavy (non-hydrogen) atoms. The predicted molar refractivity (Wildman–Crippen MR) is 118 cm³/mol. The number of amidine groups is 2. The number of hydrazone groups is 1. The first kappa shape index (κ1) is 22.1. The van der Waals surface area contributed by atoms with Gasteiger partial charge in [0.1, 0.15) is 12.4 Å². The molecule has 0 unspecified atom stereocenters. The summed E-state index contributed by atoms with van der Waals surface area (Å²) >= 11 is 6.50. The average Bonchev–Trinajstić information content (AvgIpc) is 3.16. The van der Waals surface area contributed by atoms with Crippen molar-refractivity contribution in [3.8, 4) is 5.75 Å². The van der Waals surface area contributed by atoms with Gasteiger partial charge in [-0.15, -0.1) is 0 Å². The van der Waals surface area contributed by atoms with Gasteiger partial charge < -0.3 is 4.74 Å². The smallest absolute Gasteiger partial charge is 0.441 e. The van der Waals surface area contributed by atoms with Gasteiger partial charge in [0.2, 0.25) is 10.2 Å². The summed E-state index contributed by atoms with van der Waals surface area (Å²) in [6.45, 7) is 2.29. The number of carbonyl (C=O) groups is 1. The Bertz CT molecular complexity index is 1220. The summed E-state index contributed by atoms with van der Waals surface area (Å²) in [5.41, 5.74) is 2.34. The molecular weight excluding hydrogens is 465 g/mol. The quantitative estimate of drug-likeness (QED) is 0.596. The fraction of sp³-hybridized carbons (Fsp3) is 0.143. The number of hydrogen-bond acceptors (Lipinski definition) is 5. The summed E-state index contributed by atoms with van der Waals surface area (Å²) in [6.07, 6.45) is -3.37. The summed E-state index contributed by atoms with van der Waals surface area (Å²) in [5.74, 6) is -0.899. The van der Waals surface area contributed by atoms with Crippen LogP contribution in [0.1, 0.15) is 16.7 Å². The molecule has 2 aromatic carbocycles. The molecule has 0 radical (unpaired) electrons. The van der Waals surface area contributed by atoms with E-state index >= 15 is 0 Å². The number of aliphatic imine (C=N–C) groups is 1. The van der Waals surface area contributed by atoms with Crippen LogP contribution >= 0.6 is 23.4 Å². The molecule has 0 fully saturated rings. The molecule has 0 bridgehead atoms. The first-order valence-electron chi connectivity index (χ1n) is 9.18. The Labute approximate surface area is 189 Å². The molecule has 0 aromatic heterocycles. The topological polar surface area (TPSA) is 78.1 Å². The van der Waals surface area contributed by atoms with Gasteiger partial charge in [-0.05, 0) is 53.6 Å². The Morgan fingerprint density at radius 1 is 1.25 bits per heavy atom. The number of nitrogens with one attached hydrogen (secondary N) is 1. The van der Waals surface area contributed by atoms with E-state index in [1.54, 1.807) is 12.1 Å². The maximum absolute atomic E-state index is 12.9. The maximum Gasteiger partial charge on any atom is 0.441 e. The standard InChI is InChI=1S/C21H14ClF3N4O2S/c1-11-4-2-3-5-13(11)10-31-16-7-6-12(9-15(16)22)8-14-17(26)29-20(27-18(14)30)32-19(28-29)21(23,24)25/h2-9,26H,10H2,1H3. The monoisotopic (exact) mass is 478 g/mol. The third kappa shape index (κ3) is 4.42. The predicted octanol–water partition coefficient (Wildman–Crippen LogP) is 5.41. The summed E-state index contributed by atoms with van der Waals surface area (Å²) in [6, 6.07) is 12.5. The highest BCUT2D eigenvalue weighted by Crippen LogP contribution is 2.35. The molecule has 6 nitrogen and oxygen atoms in total. The third-order valence-corrected chi connectivity index (χ3v) is 5.86. The molecule has 0 saturated heterocycles. The second-order valence-corrected chi connectivity index (χ2v) is 8.19. The third-order valence-electron chi connectivity index (χ3n) is 4.61. The largest absolute Gasteiger partial charge is 0.487 e. The number of aryl methyl sites for hydroxylation is 1. The number of thioether (sulfide) groups is 1. The number of carbonyl (C=O) groups excluding carboxylic acids is 1. The Kier molecular flexibility index (Phi) is 5.83. The van der Waals surface area contributed by atoms with Crippen LogP contribution in [0.5, 0.6) is 5.75 Å². The molecule has 4 rings (SSSR count). The van der Waals surface area contributed by atoms with Crippen molar-refractivity contribution in [2.45, 2.75) is 19.7 Å². The van der Waals surface area contributed by atoms with Gasteiger partial charge in [-0.3, -0.25) is 10.2 Å². The highest BCUT2D eigenvalue weighted by atomic mass is 35.5. The van der Waals surface area contributed by atoms with E-state index in [0.717, 1.165) is 11.1 Å². The van der Waals surface area contributed by atoms with Gasteiger partial charge in [0, 0.05) is 0 Å². The van der Waals surface area contributed by atoms with E-state index in [0.29, 0.717) is 22.9 Å². The lowest BCUT2D eigenvalue weighted by Crippen LogP contribution is -2.35. The summed E-state index contributed by atoms with van der Waals surface area (Å²) in [5, 5.41) is 11.0. The molecule has 2 aliphatic rings. The Hall–Kier alpha value is -3.11. The molecular formula is C21H14ClF3N4O2S. The SMILES string of the molecule is Cc1ccccc1COc1ccc(C=C2C(=N)N3N=C(C(F)(F)F)SC3=NC2=O)cc1Cl. The van der Waals surface area contributed by atoms with Crippen molar-refractivity contribution in [2.75, 3.05) is 0 Å². The van der Waals surface area contributed by atoms with E-state index < -0.39 is 23.0 Å². The molecule has 1 amide bonds. The van der Waals surface area contributed by atoms with Gasteiger partial charge in [-0.2, -0.15) is 28.3 Å². The van der Waals surface area contributed by atoms with Gasteiger partial charge in [0.05, 0.1) is 10.6 Å². The lowest BCUT2D eigenvalue weighted by atomic mass is 10.1. The summed E-state index contributed by atoms with van der Waals surface area (Å²) < 4.78 is 44.5. The second-order valence-electron chi connectivity index (χ2n) is 6.83. The van der Waals surface area contributed by atoms with Crippen molar-refractivity contribution >= 4 is 51.4 Å². The molecule has 11 heteroatoms. The summed E-state index contributed by atoms with van der Waals surface area (Å²) in [4.78, 5) is 16.0. The normalized spacial score (nSPS) is 17.4. The highest BCUT2D eigenvalue weighted by molar-refractivity contribution is 8.27. The zero-order valence-electron chi connectivity index (χ0n) is 16.4. The van der Waals surface area contributed by atoms with E-state index in [2.05, 4.69) is 10.1 Å². The first-order valence-corrected chi connectivity index (χ1v) is 10.4. The lowest BCUT2D eigenvalue weighted by molar-refractivity contribution is -0.114. The van der Waals surface area contributed by atoms with E-state index in [-0.39, 0.29) is 27.5 Å². The minimum atomic E-state index is -4.70. The van der Waals surface area contributed by atoms with Crippen molar-refractivity contribution in [1.29, 1.82) is 5.41 Å². The number of hydrogen-bond donors (Lipinski definition) is 1. The van der Waals surface area contributed by atoms with E-state index in [1.165, 1.54) is 12.1 Å². The molecule has 0 spiro atoms. The molecule has 2 aliphatic heterocycles. The lowest BCUT2D eigenvalue weighted by Gasteiger charge is -2.20. The van der Waals surface area contributed by atoms with E-state index in [4.69, 9.17) is 21.7 Å². The van der Waals surface area contributed by atoms with Crippen molar-refractivity contribution in [1.82, 2.24) is 5.01 Å². The van der Waals surface area contributed by atoms with Crippen LogP contribution in [-0.4, -0.2) is 33.1 Å². The minimum absolute atomic E-state index is 0.201. The van der Waals surface area contributed by atoms with Crippen molar-refractivity contribution in [2.24, 2.45) is 10.1 Å². The number of rotatable bonds is 4. The van der Waals surface area contributed by atoms with Gasteiger partial charge in [-0.1, -0.05) is 41.9 Å². The molecule has 0 atom stereocenters.